The van der Waals surface area contributed by atoms with Crippen LogP contribution in [-0.4, -0.2) is 44.9 Å². The van der Waals surface area contributed by atoms with Crippen molar-refractivity contribution in [3.8, 4) is 17.2 Å². The van der Waals surface area contributed by atoms with E-state index >= 15 is 0 Å². The van der Waals surface area contributed by atoms with E-state index in [9.17, 15) is 4.79 Å². The fraction of sp³-hybridized carbons (Fsp3) is 0.417. The molecule has 100 valence electrons. The Kier molecular flexibility index (Phi) is 4.94. The third-order valence-corrected chi connectivity index (χ3v) is 2.49. The van der Waals surface area contributed by atoms with E-state index in [-0.39, 0.29) is 5.56 Å². The summed E-state index contributed by atoms with van der Waals surface area (Å²) in [5.74, 6) is 0.631. The second-order valence-corrected chi connectivity index (χ2v) is 3.56. The van der Waals surface area contributed by atoms with Crippen molar-refractivity contribution in [3.63, 3.8) is 0 Å². The normalized spacial score (nSPS) is 11.8. The zero-order valence-corrected chi connectivity index (χ0v) is 10.6. The second kappa shape index (κ2) is 6.23. The van der Waals surface area contributed by atoms with E-state index in [1.54, 1.807) is 12.1 Å². The molecule has 18 heavy (non-hydrogen) atoms. The predicted octanol–water partition coefficient (Wildman–Crippen LogP) is 0.215. The van der Waals surface area contributed by atoms with Gasteiger partial charge in [0.2, 0.25) is 0 Å². The molecule has 3 N–H and O–H groups in total. The molecule has 0 saturated heterocycles. The van der Waals surface area contributed by atoms with Gasteiger partial charge in [-0.3, -0.25) is 4.79 Å². The molecule has 1 atom stereocenters. The smallest absolute Gasteiger partial charge is 0.189 e. The highest BCUT2D eigenvalue weighted by Crippen LogP contribution is 2.34. The molecular formula is C12H17NO5. The Morgan fingerprint density at radius 2 is 1.72 bits per heavy atom. The number of carbonyl (C=O) groups excluding carboxylic acids is 1. The van der Waals surface area contributed by atoms with Crippen molar-refractivity contribution < 1.29 is 24.1 Å². The first-order chi connectivity index (χ1) is 8.58. The highest BCUT2D eigenvalue weighted by molar-refractivity contribution is 6.05. The van der Waals surface area contributed by atoms with Crippen molar-refractivity contribution in [2.75, 3.05) is 27.9 Å². The van der Waals surface area contributed by atoms with Gasteiger partial charge in [-0.05, 0) is 0 Å². The van der Waals surface area contributed by atoms with Crippen LogP contribution in [0.4, 0.5) is 0 Å². The van der Waals surface area contributed by atoms with Crippen LogP contribution >= 0.6 is 0 Å². The first-order valence-electron chi connectivity index (χ1n) is 5.29. The number of aliphatic hydroxyl groups excluding tert-OH is 1. The summed E-state index contributed by atoms with van der Waals surface area (Å²) in [7, 11) is 4.35. The van der Waals surface area contributed by atoms with Gasteiger partial charge < -0.3 is 25.1 Å². The molecule has 1 aromatic carbocycles. The fourth-order valence-electron chi connectivity index (χ4n) is 1.52. The molecule has 0 aliphatic heterocycles. The molecule has 1 aromatic rings. The Balaban J connectivity index is 3.35. The molecular weight excluding hydrogens is 238 g/mol. The molecule has 0 radical (unpaired) electrons. The van der Waals surface area contributed by atoms with Gasteiger partial charge in [0.25, 0.3) is 0 Å². The maximum atomic E-state index is 12.0. The molecule has 0 fully saturated rings. The fourth-order valence-corrected chi connectivity index (χ4v) is 1.52. The van der Waals surface area contributed by atoms with Gasteiger partial charge in [0.15, 0.2) is 5.78 Å². The van der Waals surface area contributed by atoms with E-state index in [1.807, 2.05) is 0 Å². The van der Waals surface area contributed by atoms with E-state index < -0.39 is 18.4 Å². The summed E-state index contributed by atoms with van der Waals surface area (Å²) in [5, 5.41) is 8.94. The number of methoxy groups -OCH3 is 3. The minimum Gasteiger partial charge on any atom is -0.496 e. The Hall–Kier alpha value is -1.79. The van der Waals surface area contributed by atoms with Crippen LogP contribution in [0.3, 0.4) is 0 Å². The maximum Gasteiger partial charge on any atom is 0.189 e. The van der Waals surface area contributed by atoms with Crippen LogP contribution in [-0.2, 0) is 0 Å². The number of rotatable bonds is 6. The lowest BCUT2D eigenvalue weighted by Crippen LogP contribution is -2.34. The highest BCUT2D eigenvalue weighted by atomic mass is 16.5. The highest BCUT2D eigenvalue weighted by Gasteiger charge is 2.24. The number of carbonyl (C=O) groups is 1. The predicted molar refractivity (Wildman–Crippen MR) is 65.5 cm³/mol. The first-order valence-corrected chi connectivity index (χ1v) is 5.29. The molecule has 0 amide bonds. The SMILES string of the molecule is COc1cc(OC)c(C(=O)C(N)CO)c(OC)c1. The summed E-state index contributed by atoms with van der Waals surface area (Å²) in [4.78, 5) is 12.0. The largest absolute Gasteiger partial charge is 0.496 e. The monoisotopic (exact) mass is 255 g/mol. The van der Waals surface area contributed by atoms with Crippen molar-refractivity contribution >= 4 is 5.78 Å². The van der Waals surface area contributed by atoms with Gasteiger partial charge in [0.1, 0.15) is 22.8 Å². The van der Waals surface area contributed by atoms with Gasteiger partial charge in [-0.25, -0.2) is 0 Å². The van der Waals surface area contributed by atoms with E-state index in [4.69, 9.17) is 25.1 Å². The van der Waals surface area contributed by atoms with Crippen molar-refractivity contribution in [1.29, 1.82) is 0 Å². The van der Waals surface area contributed by atoms with E-state index in [1.165, 1.54) is 21.3 Å². The molecule has 0 bridgehead atoms. The Morgan fingerprint density at radius 3 is 2.06 bits per heavy atom. The number of Topliss-reactive ketones (excluding diaryl/α,β-unsaturated/α-hetero) is 1. The van der Waals surface area contributed by atoms with Crippen LogP contribution < -0.4 is 19.9 Å². The molecule has 0 saturated carbocycles. The van der Waals surface area contributed by atoms with Crippen LogP contribution in [0, 0.1) is 0 Å². The number of benzene rings is 1. The number of ketones is 1. The summed E-state index contributed by atoms with van der Waals surface area (Å²) in [6, 6.07) is 2.10. The topological polar surface area (TPSA) is 91.0 Å². The van der Waals surface area contributed by atoms with Crippen molar-refractivity contribution in [2.24, 2.45) is 5.73 Å². The van der Waals surface area contributed by atoms with Crippen molar-refractivity contribution in [3.05, 3.63) is 17.7 Å². The summed E-state index contributed by atoms with van der Waals surface area (Å²) in [6.07, 6.45) is 0. The minimum absolute atomic E-state index is 0.197. The van der Waals surface area contributed by atoms with Crippen LogP contribution in [0.25, 0.3) is 0 Å². The standard InChI is InChI=1S/C12H17NO5/c1-16-7-4-9(17-2)11(10(5-7)18-3)12(15)8(13)6-14/h4-5,8,14H,6,13H2,1-3H3. The summed E-state index contributed by atoms with van der Waals surface area (Å²) in [6.45, 7) is -0.447. The molecule has 6 nitrogen and oxygen atoms in total. The van der Waals surface area contributed by atoms with Crippen LogP contribution in [0.15, 0.2) is 12.1 Å². The van der Waals surface area contributed by atoms with Crippen molar-refractivity contribution in [1.82, 2.24) is 0 Å². The quantitative estimate of drug-likeness (QED) is 0.706. The zero-order chi connectivity index (χ0) is 13.7. The molecule has 0 aliphatic rings. The molecule has 0 aromatic heterocycles. The average molecular weight is 255 g/mol. The molecule has 1 rings (SSSR count). The molecule has 1 unspecified atom stereocenters. The van der Waals surface area contributed by atoms with Gasteiger partial charge in [0, 0.05) is 12.1 Å². The van der Waals surface area contributed by atoms with E-state index in [0.29, 0.717) is 17.2 Å². The summed E-state index contributed by atoms with van der Waals surface area (Å²) in [5.41, 5.74) is 5.72. The Bertz CT molecular complexity index is 407. The van der Waals surface area contributed by atoms with Gasteiger partial charge >= 0.3 is 0 Å². The summed E-state index contributed by atoms with van der Waals surface area (Å²) < 4.78 is 15.3. The Labute approximate surface area is 105 Å². The molecule has 0 heterocycles. The zero-order valence-electron chi connectivity index (χ0n) is 10.6. The second-order valence-electron chi connectivity index (χ2n) is 3.56. The lowest BCUT2D eigenvalue weighted by molar-refractivity contribution is 0.0919. The minimum atomic E-state index is -1.01. The number of nitrogens with two attached hydrogens (primary N) is 1. The van der Waals surface area contributed by atoms with Crippen LogP contribution in [0.2, 0.25) is 0 Å². The van der Waals surface area contributed by atoms with Crippen LogP contribution in [0.1, 0.15) is 10.4 Å². The number of hydrogen-bond donors (Lipinski definition) is 2. The lowest BCUT2D eigenvalue weighted by atomic mass is 10.0. The van der Waals surface area contributed by atoms with Gasteiger partial charge in [-0.2, -0.15) is 0 Å². The van der Waals surface area contributed by atoms with Gasteiger partial charge in [-0.15, -0.1) is 0 Å². The lowest BCUT2D eigenvalue weighted by Gasteiger charge is -2.16. The van der Waals surface area contributed by atoms with Crippen LogP contribution in [0.5, 0.6) is 17.2 Å². The third kappa shape index (κ3) is 2.72. The number of aliphatic hydroxyl groups is 1. The number of hydrogen-bond acceptors (Lipinski definition) is 6. The van der Waals surface area contributed by atoms with E-state index in [2.05, 4.69) is 0 Å². The average Bonchev–Trinajstić information content (AvgIpc) is 2.43. The third-order valence-electron chi connectivity index (χ3n) is 2.49. The molecule has 0 spiro atoms. The van der Waals surface area contributed by atoms with Gasteiger partial charge in [-0.1, -0.05) is 0 Å². The summed E-state index contributed by atoms with van der Waals surface area (Å²) >= 11 is 0. The van der Waals surface area contributed by atoms with E-state index in [0.717, 1.165) is 0 Å². The van der Waals surface area contributed by atoms with Crippen molar-refractivity contribution in [2.45, 2.75) is 6.04 Å². The Morgan fingerprint density at radius 1 is 1.22 bits per heavy atom. The maximum absolute atomic E-state index is 12.0. The molecule has 0 aliphatic carbocycles. The van der Waals surface area contributed by atoms with Gasteiger partial charge in [0.05, 0.1) is 34.0 Å². The number of ether oxygens (including phenoxy) is 3. The first kappa shape index (κ1) is 14.3. The molecule has 6 heteroatoms.